The van der Waals surface area contributed by atoms with Crippen molar-refractivity contribution < 1.29 is 9.21 Å². The number of aliphatic imine (C=N–C) groups is 1. The van der Waals surface area contributed by atoms with Crippen molar-refractivity contribution in [2.75, 3.05) is 5.32 Å². The van der Waals surface area contributed by atoms with Gasteiger partial charge in [-0.3, -0.25) is 4.79 Å². The zero-order chi connectivity index (χ0) is 27.0. The van der Waals surface area contributed by atoms with Gasteiger partial charge in [0, 0.05) is 10.6 Å². The lowest BCUT2D eigenvalue weighted by atomic mass is 9.72. The number of aromatic amines is 1. The largest absolute Gasteiger partial charge is 0.448 e. The third-order valence-corrected chi connectivity index (χ3v) is 9.18. The second kappa shape index (κ2) is 10.5. The molecular weight excluding hydrogens is 525 g/mol. The summed E-state index contributed by atoms with van der Waals surface area (Å²) in [6.45, 7) is 6.91. The van der Waals surface area contributed by atoms with Crippen molar-refractivity contribution >= 4 is 56.9 Å². The second-order valence-electron chi connectivity index (χ2n) is 10.9. The van der Waals surface area contributed by atoms with E-state index in [0.29, 0.717) is 17.2 Å². The lowest BCUT2D eigenvalue weighted by Crippen LogP contribution is -2.27. The van der Waals surface area contributed by atoms with Crippen molar-refractivity contribution in [2.24, 2.45) is 16.3 Å². The minimum Gasteiger partial charge on any atom is -0.448 e. The van der Waals surface area contributed by atoms with Crippen LogP contribution in [0.3, 0.4) is 0 Å². The van der Waals surface area contributed by atoms with E-state index in [1.807, 2.05) is 66.7 Å². The first-order valence-electron chi connectivity index (χ1n) is 13.1. The van der Waals surface area contributed by atoms with E-state index in [9.17, 15) is 4.79 Å². The van der Waals surface area contributed by atoms with Crippen molar-refractivity contribution in [2.45, 2.75) is 50.3 Å². The minimum absolute atomic E-state index is 0.111. The summed E-state index contributed by atoms with van der Waals surface area (Å²) in [6.07, 6.45) is 4.65. The number of carbonyl (C=O) groups excluding carboxylic acids is 1. The maximum absolute atomic E-state index is 13.5. The first-order chi connectivity index (χ1) is 18.8. The zero-order valence-electron chi connectivity index (χ0n) is 22.2. The third kappa shape index (κ3) is 5.58. The van der Waals surface area contributed by atoms with Crippen LogP contribution in [-0.4, -0.2) is 22.1 Å². The molecule has 0 radical (unpaired) electrons. The van der Waals surface area contributed by atoms with E-state index in [-0.39, 0.29) is 11.3 Å². The molecule has 0 saturated carbocycles. The van der Waals surface area contributed by atoms with Gasteiger partial charge in [0.15, 0.2) is 10.2 Å². The van der Waals surface area contributed by atoms with Crippen LogP contribution in [0.4, 0.5) is 10.7 Å². The molecule has 0 bridgehead atoms. The highest BCUT2D eigenvalue weighted by molar-refractivity contribution is 7.99. The standard InChI is InChI=1S/C31H30N4O2S2/c1-31(2,3)19-13-15-22-25(17-19)38-29(27(22)28(36)33-20-9-5-4-6-10-20)32-18-21-14-16-26(37-21)39-30-34-23-11-7-8-12-24(23)35-30/h4-12,14,16,18-19H,13,15,17H2,1-3H3,(H,33,36)(H,34,35)/t19-/m0/s1. The van der Waals surface area contributed by atoms with Gasteiger partial charge in [-0.15, -0.1) is 11.3 Å². The smallest absolute Gasteiger partial charge is 0.259 e. The molecule has 0 saturated heterocycles. The number of benzene rings is 2. The Morgan fingerprint density at radius 2 is 1.92 bits per heavy atom. The molecule has 2 aromatic carbocycles. The molecule has 6 nitrogen and oxygen atoms in total. The quantitative estimate of drug-likeness (QED) is 0.206. The number of hydrogen-bond acceptors (Lipinski definition) is 6. The van der Waals surface area contributed by atoms with E-state index in [4.69, 9.17) is 9.41 Å². The highest BCUT2D eigenvalue weighted by atomic mass is 32.2. The molecule has 5 aromatic rings. The molecule has 0 fully saturated rings. The molecule has 39 heavy (non-hydrogen) atoms. The van der Waals surface area contributed by atoms with Gasteiger partial charge >= 0.3 is 0 Å². The van der Waals surface area contributed by atoms with Crippen molar-refractivity contribution in [1.29, 1.82) is 0 Å². The second-order valence-corrected chi connectivity index (χ2v) is 13.0. The van der Waals surface area contributed by atoms with Gasteiger partial charge in [0.1, 0.15) is 10.8 Å². The van der Waals surface area contributed by atoms with Gasteiger partial charge in [0.25, 0.3) is 5.91 Å². The molecule has 198 valence electrons. The predicted octanol–water partition coefficient (Wildman–Crippen LogP) is 8.52. The van der Waals surface area contributed by atoms with Gasteiger partial charge in [0.2, 0.25) is 0 Å². The van der Waals surface area contributed by atoms with Gasteiger partial charge in [-0.1, -0.05) is 51.1 Å². The predicted molar refractivity (Wildman–Crippen MR) is 160 cm³/mol. The van der Waals surface area contributed by atoms with Crippen LogP contribution in [-0.2, 0) is 12.8 Å². The van der Waals surface area contributed by atoms with Crippen LogP contribution in [0.2, 0.25) is 0 Å². The Kier molecular flexibility index (Phi) is 6.91. The molecule has 0 unspecified atom stereocenters. The normalized spacial score (nSPS) is 15.6. The summed E-state index contributed by atoms with van der Waals surface area (Å²) in [5.74, 6) is 1.09. The van der Waals surface area contributed by atoms with Gasteiger partial charge in [-0.05, 0) is 84.3 Å². The van der Waals surface area contributed by atoms with E-state index < -0.39 is 0 Å². The fraction of sp³-hybridized carbons (Fsp3) is 0.258. The summed E-state index contributed by atoms with van der Waals surface area (Å²) in [5, 5.41) is 5.29. The third-order valence-electron chi connectivity index (χ3n) is 7.21. The maximum Gasteiger partial charge on any atom is 0.259 e. The molecule has 2 N–H and O–H groups in total. The number of aromatic nitrogens is 2. The van der Waals surface area contributed by atoms with E-state index in [0.717, 1.165) is 56.8 Å². The lowest BCUT2D eigenvalue weighted by molar-refractivity contribution is 0.102. The first-order valence-corrected chi connectivity index (χ1v) is 14.7. The molecule has 1 aliphatic rings. The number of imidazole rings is 1. The number of nitrogens with one attached hydrogen (secondary N) is 2. The topological polar surface area (TPSA) is 83.3 Å². The zero-order valence-corrected chi connectivity index (χ0v) is 23.8. The molecule has 6 rings (SSSR count). The van der Waals surface area contributed by atoms with Crippen LogP contribution in [0.1, 0.15) is 53.8 Å². The molecule has 0 spiro atoms. The molecule has 3 aromatic heterocycles. The average Bonchev–Trinajstić information content (AvgIpc) is 3.63. The Morgan fingerprint density at radius 3 is 2.72 bits per heavy atom. The number of nitrogens with zero attached hydrogens (tertiary/aromatic N) is 2. The van der Waals surface area contributed by atoms with Crippen molar-refractivity contribution in [1.82, 2.24) is 9.97 Å². The van der Waals surface area contributed by atoms with Gasteiger partial charge < -0.3 is 14.7 Å². The van der Waals surface area contributed by atoms with Crippen LogP contribution in [0.25, 0.3) is 11.0 Å². The van der Waals surface area contributed by atoms with Crippen LogP contribution < -0.4 is 5.32 Å². The van der Waals surface area contributed by atoms with E-state index in [2.05, 4.69) is 36.1 Å². The Hall–Kier alpha value is -3.62. The average molecular weight is 555 g/mol. The Bertz CT molecular complexity index is 1620. The van der Waals surface area contributed by atoms with Crippen LogP contribution in [0, 0.1) is 11.3 Å². The number of thiophene rings is 1. The van der Waals surface area contributed by atoms with Gasteiger partial charge in [-0.2, -0.15) is 0 Å². The van der Waals surface area contributed by atoms with Crippen LogP contribution >= 0.6 is 23.1 Å². The highest BCUT2D eigenvalue weighted by Gasteiger charge is 2.33. The molecule has 0 aliphatic heterocycles. The molecule has 1 aliphatic carbocycles. The summed E-state index contributed by atoms with van der Waals surface area (Å²) < 4.78 is 6.02. The van der Waals surface area contributed by atoms with Crippen molar-refractivity contribution in [3.05, 3.63) is 88.5 Å². The first kappa shape index (κ1) is 25.6. The molecule has 3 heterocycles. The number of rotatable bonds is 6. The Balaban J connectivity index is 1.26. The van der Waals surface area contributed by atoms with E-state index in [1.54, 1.807) is 17.6 Å². The van der Waals surface area contributed by atoms with E-state index in [1.165, 1.54) is 16.6 Å². The highest BCUT2D eigenvalue weighted by Crippen LogP contribution is 2.45. The molecule has 1 atom stereocenters. The number of anilines is 1. The SMILES string of the molecule is CC(C)(C)[C@H]1CCc2c(sc(N=Cc3ccc(Sc4nc5ccccc5[nH]4)o3)c2C(=O)Nc2ccccc2)C1. The summed E-state index contributed by atoms with van der Waals surface area (Å²) in [7, 11) is 0. The fourth-order valence-electron chi connectivity index (χ4n) is 5.00. The van der Waals surface area contributed by atoms with Crippen LogP contribution in [0.5, 0.6) is 0 Å². The minimum atomic E-state index is -0.111. The van der Waals surface area contributed by atoms with E-state index >= 15 is 0 Å². The molecule has 1 amide bonds. The number of fused-ring (bicyclic) bond motifs is 2. The van der Waals surface area contributed by atoms with Crippen molar-refractivity contribution in [3.8, 4) is 0 Å². The number of H-pyrrole nitrogens is 1. The van der Waals surface area contributed by atoms with Crippen LogP contribution in [0.15, 0.2) is 86.4 Å². The molecular formula is C31H30N4O2S2. The number of hydrogen-bond donors (Lipinski definition) is 2. The van der Waals surface area contributed by atoms with Gasteiger partial charge in [0.05, 0.1) is 22.8 Å². The fourth-order valence-corrected chi connectivity index (χ4v) is 7.04. The summed E-state index contributed by atoms with van der Waals surface area (Å²) in [6, 6.07) is 21.3. The maximum atomic E-state index is 13.5. The Labute approximate surface area is 236 Å². The number of furan rings is 1. The Morgan fingerprint density at radius 1 is 1.13 bits per heavy atom. The number of para-hydroxylation sites is 3. The number of carbonyl (C=O) groups is 1. The van der Waals surface area contributed by atoms with Crippen molar-refractivity contribution in [3.63, 3.8) is 0 Å². The molecule has 8 heteroatoms. The van der Waals surface area contributed by atoms with Gasteiger partial charge in [-0.25, -0.2) is 9.98 Å². The lowest BCUT2D eigenvalue weighted by Gasteiger charge is -2.33. The summed E-state index contributed by atoms with van der Waals surface area (Å²) >= 11 is 3.06. The summed E-state index contributed by atoms with van der Waals surface area (Å²) in [4.78, 5) is 27.5. The monoisotopic (exact) mass is 554 g/mol. The number of amides is 1. The summed E-state index contributed by atoms with van der Waals surface area (Å²) in [5.41, 5.74) is 4.74.